The zero-order valence-electron chi connectivity index (χ0n) is 11.8. The summed E-state index contributed by atoms with van der Waals surface area (Å²) in [4.78, 5) is 25.5. The summed E-state index contributed by atoms with van der Waals surface area (Å²) in [7, 11) is 1.65. The first-order valence-corrected chi connectivity index (χ1v) is 6.61. The highest BCUT2D eigenvalue weighted by Gasteiger charge is 2.43. The molecule has 1 aromatic rings. The van der Waals surface area contributed by atoms with Gasteiger partial charge in [-0.15, -0.1) is 0 Å². The number of carbonyl (C=O) groups excluding carboxylic acids is 2. The van der Waals surface area contributed by atoms with Crippen LogP contribution in [0, 0.1) is 11.7 Å². The van der Waals surface area contributed by atoms with Crippen molar-refractivity contribution in [2.24, 2.45) is 5.92 Å². The van der Waals surface area contributed by atoms with Crippen LogP contribution in [0.2, 0.25) is 0 Å². The normalized spacial score (nSPS) is 22.4. The number of likely N-dealkylation sites (tertiary alicyclic amines) is 1. The minimum Gasteiger partial charge on any atom is -0.463 e. The lowest BCUT2D eigenvalue weighted by Gasteiger charge is -2.25. The van der Waals surface area contributed by atoms with E-state index in [2.05, 4.69) is 0 Å². The van der Waals surface area contributed by atoms with E-state index in [1.807, 2.05) is 0 Å². The first-order chi connectivity index (χ1) is 9.40. The average Bonchev–Trinajstić information content (AvgIpc) is 2.67. The maximum absolute atomic E-state index is 13.0. The minimum absolute atomic E-state index is 0.106. The third kappa shape index (κ3) is 2.81. The number of esters is 1. The van der Waals surface area contributed by atoms with Crippen LogP contribution in [0.15, 0.2) is 24.3 Å². The molecule has 2 atom stereocenters. The standard InChI is InChI=1S/C15H18FNO3/c1-9(2)20-15(19)12-8-13(18)17(3)14(12)10-4-6-11(16)7-5-10/h4-7,9,12,14H,8H2,1-3H3/t12-,14-/m0/s1. The van der Waals surface area contributed by atoms with Crippen molar-refractivity contribution in [3.05, 3.63) is 35.6 Å². The van der Waals surface area contributed by atoms with Crippen molar-refractivity contribution in [1.82, 2.24) is 4.90 Å². The Morgan fingerprint density at radius 3 is 2.50 bits per heavy atom. The van der Waals surface area contributed by atoms with Crippen molar-refractivity contribution in [3.63, 3.8) is 0 Å². The molecule has 0 bridgehead atoms. The van der Waals surface area contributed by atoms with Gasteiger partial charge in [0, 0.05) is 13.5 Å². The van der Waals surface area contributed by atoms with Crippen molar-refractivity contribution >= 4 is 11.9 Å². The molecule has 0 aliphatic carbocycles. The molecule has 0 radical (unpaired) electrons. The zero-order valence-corrected chi connectivity index (χ0v) is 11.8. The van der Waals surface area contributed by atoms with Gasteiger partial charge in [0.2, 0.25) is 5.91 Å². The van der Waals surface area contributed by atoms with Crippen LogP contribution in [-0.2, 0) is 14.3 Å². The number of rotatable bonds is 3. The van der Waals surface area contributed by atoms with Crippen molar-refractivity contribution in [2.45, 2.75) is 32.4 Å². The molecule has 0 saturated carbocycles. The van der Waals surface area contributed by atoms with Gasteiger partial charge in [0.25, 0.3) is 0 Å². The highest BCUT2D eigenvalue weighted by molar-refractivity contribution is 5.88. The SMILES string of the molecule is CC(C)OC(=O)[C@H]1CC(=O)N(C)[C@H]1c1ccc(F)cc1. The summed E-state index contributed by atoms with van der Waals surface area (Å²) >= 11 is 0. The van der Waals surface area contributed by atoms with E-state index in [0.717, 1.165) is 5.56 Å². The molecule has 1 amide bonds. The molecule has 0 N–H and O–H groups in total. The lowest BCUT2D eigenvalue weighted by atomic mass is 9.94. The summed E-state index contributed by atoms with van der Waals surface area (Å²) in [6, 6.07) is 5.47. The highest BCUT2D eigenvalue weighted by atomic mass is 19.1. The van der Waals surface area contributed by atoms with Gasteiger partial charge >= 0.3 is 5.97 Å². The molecular weight excluding hydrogens is 261 g/mol. The van der Waals surface area contributed by atoms with Crippen LogP contribution in [0.25, 0.3) is 0 Å². The van der Waals surface area contributed by atoms with Gasteiger partial charge in [0.05, 0.1) is 18.1 Å². The van der Waals surface area contributed by atoms with E-state index >= 15 is 0 Å². The molecule has 5 heteroatoms. The van der Waals surface area contributed by atoms with Crippen LogP contribution in [0.4, 0.5) is 4.39 Å². The molecule has 0 aromatic heterocycles. The van der Waals surface area contributed by atoms with Gasteiger partial charge in [0.15, 0.2) is 0 Å². The summed E-state index contributed by atoms with van der Waals surface area (Å²) in [5, 5.41) is 0. The summed E-state index contributed by atoms with van der Waals surface area (Å²) in [6.45, 7) is 3.54. The number of halogens is 1. The molecular formula is C15H18FNO3. The maximum Gasteiger partial charge on any atom is 0.312 e. The smallest absolute Gasteiger partial charge is 0.312 e. The highest BCUT2D eigenvalue weighted by Crippen LogP contribution is 2.37. The summed E-state index contributed by atoms with van der Waals surface area (Å²) in [5.74, 6) is -1.38. The Bertz CT molecular complexity index is 512. The summed E-state index contributed by atoms with van der Waals surface area (Å²) < 4.78 is 18.2. The molecule has 108 valence electrons. The van der Waals surface area contributed by atoms with Gasteiger partial charge in [-0.2, -0.15) is 0 Å². The van der Waals surface area contributed by atoms with E-state index in [1.54, 1.807) is 33.0 Å². The number of benzene rings is 1. The van der Waals surface area contributed by atoms with E-state index in [0.29, 0.717) is 0 Å². The Morgan fingerprint density at radius 1 is 1.35 bits per heavy atom. The van der Waals surface area contributed by atoms with Crippen LogP contribution in [0.3, 0.4) is 0 Å². The van der Waals surface area contributed by atoms with Gasteiger partial charge in [-0.25, -0.2) is 4.39 Å². The lowest BCUT2D eigenvalue weighted by Crippen LogP contribution is -2.29. The van der Waals surface area contributed by atoms with E-state index in [-0.39, 0.29) is 30.2 Å². The molecule has 1 aromatic carbocycles. The second-order valence-electron chi connectivity index (χ2n) is 5.30. The van der Waals surface area contributed by atoms with Crippen LogP contribution >= 0.6 is 0 Å². The quantitative estimate of drug-likeness (QED) is 0.798. The molecule has 4 nitrogen and oxygen atoms in total. The van der Waals surface area contributed by atoms with Gasteiger partial charge in [-0.3, -0.25) is 9.59 Å². The number of ether oxygens (including phenoxy) is 1. The number of amides is 1. The molecule has 1 aliphatic rings. The van der Waals surface area contributed by atoms with Crippen LogP contribution in [0.1, 0.15) is 31.9 Å². The van der Waals surface area contributed by atoms with Gasteiger partial charge in [0.1, 0.15) is 5.82 Å². The minimum atomic E-state index is -0.541. The molecule has 2 rings (SSSR count). The molecule has 0 spiro atoms. The fraction of sp³-hybridized carbons (Fsp3) is 0.467. The molecule has 1 heterocycles. The lowest BCUT2D eigenvalue weighted by molar-refractivity contribution is -0.153. The number of carbonyl (C=O) groups is 2. The van der Waals surface area contributed by atoms with E-state index < -0.39 is 12.0 Å². The first-order valence-electron chi connectivity index (χ1n) is 6.61. The van der Waals surface area contributed by atoms with Gasteiger partial charge in [-0.1, -0.05) is 12.1 Å². The van der Waals surface area contributed by atoms with Crippen molar-refractivity contribution in [2.75, 3.05) is 7.05 Å². The third-order valence-corrected chi connectivity index (χ3v) is 3.45. The first kappa shape index (κ1) is 14.5. The number of hydrogen-bond acceptors (Lipinski definition) is 3. The van der Waals surface area contributed by atoms with Crippen LogP contribution in [-0.4, -0.2) is 29.9 Å². The van der Waals surface area contributed by atoms with Crippen molar-refractivity contribution < 1.29 is 18.7 Å². The number of hydrogen-bond donors (Lipinski definition) is 0. The predicted molar refractivity (Wildman–Crippen MR) is 71.2 cm³/mol. The van der Waals surface area contributed by atoms with Gasteiger partial charge in [-0.05, 0) is 31.5 Å². The Hall–Kier alpha value is -1.91. The molecule has 1 fully saturated rings. The Labute approximate surface area is 117 Å². The number of nitrogens with zero attached hydrogens (tertiary/aromatic N) is 1. The molecule has 20 heavy (non-hydrogen) atoms. The van der Waals surface area contributed by atoms with Crippen molar-refractivity contribution in [3.8, 4) is 0 Å². The fourth-order valence-corrected chi connectivity index (χ4v) is 2.52. The zero-order chi connectivity index (χ0) is 14.9. The second kappa shape index (κ2) is 5.61. The Kier molecular flexibility index (Phi) is 4.06. The largest absolute Gasteiger partial charge is 0.463 e. The Morgan fingerprint density at radius 2 is 1.95 bits per heavy atom. The molecule has 0 unspecified atom stereocenters. The van der Waals surface area contributed by atoms with E-state index in [4.69, 9.17) is 4.74 Å². The van der Waals surface area contributed by atoms with E-state index in [9.17, 15) is 14.0 Å². The second-order valence-corrected chi connectivity index (χ2v) is 5.30. The maximum atomic E-state index is 13.0. The molecule has 1 aliphatic heterocycles. The topological polar surface area (TPSA) is 46.6 Å². The van der Waals surface area contributed by atoms with Crippen LogP contribution in [0.5, 0.6) is 0 Å². The van der Waals surface area contributed by atoms with E-state index in [1.165, 1.54) is 17.0 Å². The Balaban J connectivity index is 2.28. The summed E-state index contributed by atoms with van der Waals surface area (Å²) in [5.41, 5.74) is 0.741. The summed E-state index contributed by atoms with van der Waals surface area (Å²) in [6.07, 6.45) is -0.0956. The monoisotopic (exact) mass is 279 g/mol. The molecule has 1 saturated heterocycles. The predicted octanol–water partition coefficient (Wildman–Crippen LogP) is 2.30. The van der Waals surface area contributed by atoms with Crippen LogP contribution < -0.4 is 0 Å². The average molecular weight is 279 g/mol. The van der Waals surface area contributed by atoms with Gasteiger partial charge < -0.3 is 9.64 Å². The van der Waals surface area contributed by atoms with Crippen molar-refractivity contribution in [1.29, 1.82) is 0 Å². The fourth-order valence-electron chi connectivity index (χ4n) is 2.52. The third-order valence-electron chi connectivity index (χ3n) is 3.45.